The van der Waals surface area contributed by atoms with Crippen molar-refractivity contribution >= 4 is 5.91 Å². The quantitative estimate of drug-likeness (QED) is 0.937. The minimum Gasteiger partial charge on any atom is -0.441 e. The fourth-order valence-electron chi connectivity index (χ4n) is 3.59. The summed E-state index contributed by atoms with van der Waals surface area (Å²) in [6.45, 7) is 3.90. The average molecular weight is 311 g/mol. The number of fused-ring (bicyclic) bond motifs is 1. The molecule has 2 saturated heterocycles. The lowest BCUT2D eigenvalue weighted by atomic mass is 10.0. The van der Waals surface area contributed by atoms with Crippen molar-refractivity contribution in [2.75, 3.05) is 26.2 Å². The zero-order chi connectivity index (χ0) is 15.6. The first kappa shape index (κ1) is 14.5. The fraction of sp³-hybridized carbons (Fsp3) is 0.444. The van der Waals surface area contributed by atoms with Gasteiger partial charge in [-0.1, -0.05) is 30.3 Å². The van der Waals surface area contributed by atoms with Gasteiger partial charge >= 0.3 is 0 Å². The third-order valence-corrected chi connectivity index (χ3v) is 4.91. The van der Waals surface area contributed by atoms with Crippen molar-refractivity contribution in [2.24, 2.45) is 11.8 Å². The first-order chi connectivity index (χ1) is 11.3. The van der Waals surface area contributed by atoms with Gasteiger partial charge in [0, 0.05) is 44.6 Å². The number of aryl methyl sites for hydroxylation is 1. The number of hydrogen-bond acceptors (Lipinski definition) is 4. The SMILES string of the molecule is O=C(CCc1ncc(-c2ccccc2)o1)N1C[C@H]2CNC[C@H]2C1. The molecule has 0 bridgehead atoms. The van der Waals surface area contributed by atoms with Gasteiger partial charge in [0.2, 0.25) is 5.91 Å². The van der Waals surface area contributed by atoms with Gasteiger partial charge in [0.25, 0.3) is 0 Å². The van der Waals surface area contributed by atoms with Crippen molar-refractivity contribution in [3.05, 3.63) is 42.4 Å². The fourth-order valence-corrected chi connectivity index (χ4v) is 3.59. The summed E-state index contributed by atoms with van der Waals surface area (Å²) in [6.07, 6.45) is 2.78. The Hall–Kier alpha value is -2.14. The predicted octanol–water partition coefficient (Wildman–Crippen LogP) is 1.95. The number of hydrogen-bond donors (Lipinski definition) is 1. The Balaban J connectivity index is 1.33. The predicted molar refractivity (Wildman–Crippen MR) is 86.7 cm³/mol. The summed E-state index contributed by atoms with van der Waals surface area (Å²) in [4.78, 5) is 18.7. The van der Waals surface area contributed by atoms with Crippen molar-refractivity contribution in [1.29, 1.82) is 0 Å². The molecule has 0 radical (unpaired) electrons. The molecule has 2 aliphatic heterocycles. The van der Waals surface area contributed by atoms with Gasteiger partial charge in [-0.3, -0.25) is 4.79 Å². The highest BCUT2D eigenvalue weighted by atomic mass is 16.4. The van der Waals surface area contributed by atoms with Crippen LogP contribution in [0.25, 0.3) is 11.3 Å². The van der Waals surface area contributed by atoms with Crippen LogP contribution in [0.15, 0.2) is 40.9 Å². The van der Waals surface area contributed by atoms with Crippen LogP contribution in [0.5, 0.6) is 0 Å². The van der Waals surface area contributed by atoms with Crippen LogP contribution in [0.2, 0.25) is 0 Å². The van der Waals surface area contributed by atoms with Crippen molar-refractivity contribution < 1.29 is 9.21 Å². The molecule has 5 nitrogen and oxygen atoms in total. The number of carbonyl (C=O) groups is 1. The lowest BCUT2D eigenvalue weighted by Gasteiger charge is -2.16. The smallest absolute Gasteiger partial charge is 0.223 e. The molecule has 3 heterocycles. The van der Waals surface area contributed by atoms with Crippen LogP contribution in [0.4, 0.5) is 0 Å². The third kappa shape index (κ3) is 3.01. The number of amides is 1. The number of likely N-dealkylation sites (tertiary alicyclic amines) is 1. The Labute approximate surface area is 135 Å². The molecule has 120 valence electrons. The number of carbonyl (C=O) groups excluding carboxylic acids is 1. The molecule has 23 heavy (non-hydrogen) atoms. The Morgan fingerprint density at radius 2 is 1.96 bits per heavy atom. The summed E-state index contributed by atoms with van der Waals surface area (Å²) in [5, 5.41) is 3.40. The second-order valence-electron chi connectivity index (χ2n) is 6.46. The van der Waals surface area contributed by atoms with Crippen LogP contribution in [-0.2, 0) is 11.2 Å². The molecule has 1 N–H and O–H groups in total. The van der Waals surface area contributed by atoms with Gasteiger partial charge in [-0.05, 0) is 11.8 Å². The highest BCUT2D eigenvalue weighted by Gasteiger charge is 2.37. The van der Waals surface area contributed by atoms with Gasteiger partial charge < -0.3 is 14.6 Å². The van der Waals surface area contributed by atoms with Crippen LogP contribution in [0.3, 0.4) is 0 Å². The molecule has 1 aromatic heterocycles. The van der Waals surface area contributed by atoms with Crippen molar-refractivity contribution in [3.8, 4) is 11.3 Å². The molecule has 0 spiro atoms. The van der Waals surface area contributed by atoms with E-state index in [1.54, 1.807) is 6.20 Å². The van der Waals surface area contributed by atoms with E-state index in [-0.39, 0.29) is 5.91 Å². The Bertz CT molecular complexity index is 671. The number of oxazole rings is 1. The average Bonchev–Trinajstić information content (AvgIpc) is 3.29. The minimum absolute atomic E-state index is 0.221. The van der Waals surface area contributed by atoms with E-state index < -0.39 is 0 Å². The Morgan fingerprint density at radius 1 is 1.22 bits per heavy atom. The highest BCUT2D eigenvalue weighted by molar-refractivity contribution is 5.76. The second-order valence-corrected chi connectivity index (χ2v) is 6.46. The van der Waals surface area contributed by atoms with Gasteiger partial charge in [0.15, 0.2) is 11.7 Å². The molecule has 2 aromatic rings. The molecule has 2 fully saturated rings. The summed E-state index contributed by atoms with van der Waals surface area (Å²) >= 11 is 0. The Morgan fingerprint density at radius 3 is 2.70 bits per heavy atom. The van der Waals surface area contributed by atoms with Gasteiger partial charge in [0.1, 0.15) is 0 Å². The molecule has 1 aromatic carbocycles. The van der Waals surface area contributed by atoms with Gasteiger partial charge in [-0.15, -0.1) is 0 Å². The Kier molecular flexibility index (Phi) is 3.87. The molecular formula is C18H21N3O2. The molecule has 0 unspecified atom stereocenters. The summed E-state index contributed by atoms with van der Waals surface area (Å²) in [5.41, 5.74) is 1.01. The maximum atomic E-state index is 12.4. The maximum absolute atomic E-state index is 12.4. The van der Waals surface area contributed by atoms with Crippen molar-refractivity contribution in [3.63, 3.8) is 0 Å². The lowest BCUT2D eigenvalue weighted by Crippen LogP contribution is -2.32. The summed E-state index contributed by atoms with van der Waals surface area (Å²) in [7, 11) is 0. The zero-order valence-electron chi connectivity index (χ0n) is 13.1. The molecule has 2 atom stereocenters. The first-order valence-electron chi connectivity index (χ1n) is 8.28. The first-order valence-corrected chi connectivity index (χ1v) is 8.28. The highest BCUT2D eigenvalue weighted by Crippen LogP contribution is 2.27. The molecule has 0 saturated carbocycles. The summed E-state index contributed by atoms with van der Waals surface area (Å²) in [5.74, 6) is 2.91. The molecular weight excluding hydrogens is 290 g/mol. The number of benzene rings is 1. The summed E-state index contributed by atoms with van der Waals surface area (Å²) in [6, 6.07) is 9.90. The largest absolute Gasteiger partial charge is 0.441 e. The summed E-state index contributed by atoms with van der Waals surface area (Å²) < 4.78 is 5.77. The van der Waals surface area contributed by atoms with Gasteiger partial charge in [0.05, 0.1) is 6.20 Å². The zero-order valence-corrected chi connectivity index (χ0v) is 13.1. The number of nitrogens with one attached hydrogen (secondary N) is 1. The maximum Gasteiger partial charge on any atom is 0.223 e. The molecule has 4 rings (SSSR count). The van der Waals surface area contributed by atoms with Crippen molar-refractivity contribution in [2.45, 2.75) is 12.8 Å². The number of rotatable bonds is 4. The van der Waals surface area contributed by atoms with E-state index in [1.807, 2.05) is 35.2 Å². The van der Waals surface area contributed by atoms with Crippen LogP contribution < -0.4 is 5.32 Å². The van der Waals surface area contributed by atoms with Gasteiger partial charge in [-0.2, -0.15) is 0 Å². The third-order valence-electron chi connectivity index (χ3n) is 4.91. The van der Waals surface area contributed by atoms with E-state index in [0.717, 1.165) is 37.5 Å². The molecule has 2 aliphatic rings. The van der Waals surface area contributed by atoms with E-state index in [0.29, 0.717) is 30.6 Å². The second kappa shape index (κ2) is 6.16. The van der Waals surface area contributed by atoms with Crippen LogP contribution >= 0.6 is 0 Å². The normalized spacial score (nSPS) is 23.2. The van der Waals surface area contributed by atoms with Crippen LogP contribution in [0.1, 0.15) is 12.3 Å². The molecule has 0 aliphatic carbocycles. The monoisotopic (exact) mass is 311 g/mol. The molecule has 5 heteroatoms. The van der Waals surface area contributed by atoms with E-state index >= 15 is 0 Å². The van der Waals surface area contributed by atoms with E-state index in [9.17, 15) is 4.79 Å². The molecule has 1 amide bonds. The lowest BCUT2D eigenvalue weighted by molar-refractivity contribution is -0.130. The standard InChI is InChI=1S/C18H21N3O2/c22-18(21-11-14-8-19-9-15(14)12-21)7-6-17-20-10-16(23-17)13-4-2-1-3-5-13/h1-5,10,14-15,19H,6-9,11-12H2/t14-,15+. The minimum atomic E-state index is 0.221. The van der Waals surface area contributed by atoms with E-state index in [2.05, 4.69) is 10.3 Å². The van der Waals surface area contributed by atoms with Gasteiger partial charge in [-0.25, -0.2) is 4.98 Å². The van der Waals surface area contributed by atoms with Crippen molar-refractivity contribution in [1.82, 2.24) is 15.2 Å². The number of nitrogens with zero attached hydrogens (tertiary/aromatic N) is 2. The number of aromatic nitrogens is 1. The van der Waals surface area contributed by atoms with E-state index in [4.69, 9.17) is 4.42 Å². The van der Waals surface area contributed by atoms with Crippen LogP contribution in [-0.4, -0.2) is 42.0 Å². The van der Waals surface area contributed by atoms with E-state index in [1.165, 1.54) is 0 Å². The topological polar surface area (TPSA) is 58.4 Å². The van der Waals surface area contributed by atoms with Crippen LogP contribution in [0, 0.1) is 11.8 Å².